The van der Waals surface area contributed by atoms with E-state index in [1.54, 1.807) is 6.07 Å². The van der Waals surface area contributed by atoms with Crippen LogP contribution in [-0.2, 0) is 0 Å². The van der Waals surface area contributed by atoms with Gasteiger partial charge in [0.1, 0.15) is 5.75 Å². The SMILES string of the molecule is C/C=C/c1ccccc1Oc1ccc(C(=O)O)o1. The normalized spacial score (nSPS) is 10.7. The van der Waals surface area contributed by atoms with E-state index in [1.807, 2.05) is 37.3 Å². The molecule has 1 aromatic carbocycles. The molecule has 0 radical (unpaired) electrons. The summed E-state index contributed by atoms with van der Waals surface area (Å²) in [4.78, 5) is 10.7. The molecule has 0 bridgehead atoms. The van der Waals surface area contributed by atoms with Crippen molar-refractivity contribution in [3.8, 4) is 11.7 Å². The molecule has 2 rings (SSSR count). The highest BCUT2D eigenvalue weighted by molar-refractivity contribution is 5.84. The summed E-state index contributed by atoms with van der Waals surface area (Å²) in [6, 6.07) is 10.3. The number of para-hydroxylation sites is 1. The van der Waals surface area contributed by atoms with Crippen molar-refractivity contribution < 1.29 is 19.1 Å². The Balaban J connectivity index is 2.25. The minimum Gasteiger partial charge on any atom is -0.475 e. The predicted octanol–water partition coefficient (Wildman–Crippen LogP) is 3.80. The van der Waals surface area contributed by atoms with Gasteiger partial charge in [-0.15, -0.1) is 0 Å². The molecule has 4 heteroatoms. The molecule has 92 valence electrons. The molecular weight excluding hydrogens is 232 g/mol. The van der Waals surface area contributed by atoms with E-state index in [0.29, 0.717) is 5.75 Å². The lowest BCUT2D eigenvalue weighted by molar-refractivity contribution is 0.0657. The van der Waals surface area contributed by atoms with Crippen LogP contribution in [0.2, 0.25) is 0 Å². The van der Waals surface area contributed by atoms with Gasteiger partial charge in [-0.25, -0.2) is 4.79 Å². The van der Waals surface area contributed by atoms with E-state index >= 15 is 0 Å². The van der Waals surface area contributed by atoms with Crippen LogP contribution in [0, 0.1) is 0 Å². The number of hydrogen-bond donors (Lipinski definition) is 1. The fourth-order valence-corrected chi connectivity index (χ4v) is 1.49. The second kappa shape index (κ2) is 5.23. The Morgan fingerprint density at radius 3 is 2.72 bits per heavy atom. The summed E-state index contributed by atoms with van der Waals surface area (Å²) in [6.45, 7) is 1.91. The highest BCUT2D eigenvalue weighted by Gasteiger charge is 2.11. The molecule has 0 saturated carbocycles. The van der Waals surface area contributed by atoms with Gasteiger partial charge in [0.2, 0.25) is 5.76 Å². The number of hydrogen-bond acceptors (Lipinski definition) is 3. The van der Waals surface area contributed by atoms with Gasteiger partial charge >= 0.3 is 5.97 Å². The number of allylic oxidation sites excluding steroid dienone is 1. The van der Waals surface area contributed by atoms with Gasteiger partial charge in [-0.2, -0.15) is 0 Å². The molecule has 0 amide bonds. The Hall–Kier alpha value is -2.49. The lowest BCUT2D eigenvalue weighted by Crippen LogP contribution is -1.91. The van der Waals surface area contributed by atoms with E-state index in [0.717, 1.165) is 5.56 Å². The van der Waals surface area contributed by atoms with Crippen LogP contribution in [0.25, 0.3) is 6.08 Å². The number of carbonyl (C=O) groups is 1. The number of carboxylic acids is 1. The predicted molar refractivity (Wildman–Crippen MR) is 66.9 cm³/mol. The third-order valence-electron chi connectivity index (χ3n) is 2.27. The molecule has 0 atom stereocenters. The highest BCUT2D eigenvalue weighted by atomic mass is 16.6. The maximum absolute atomic E-state index is 10.7. The monoisotopic (exact) mass is 244 g/mol. The van der Waals surface area contributed by atoms with Gasteiger partial charge in [-0.05, 0) is 19.1 Å². The van der Waals surface area contributed by atoms with Gasteiger partial charge in [0.05, 0.1) is 0 Å². The number of aromatic carboxylic acids is 1. The molecule has 0 spiro atoms. The van der Waals surface area contributed by atoms with Crippen molar-refractivity contribution in [2.45, 2.75) is 6.92 Å². The minimum absolute atomic E-state index is 0.145. The van der Waals surface area contributed by atoms with E-state index < -0.39 is 5.97 Å². The molecule has 0 unspecified atom stereocenters. The second-order valence-corrected chi connectivity index (χ2v) is 3.56. The first-order valence-corrected chi connectivity index (χ1v) is 5.43. The molecule has 1 aromatic heterocycles. The molecule has 0 fully saturated rings. The van der Waals surface area contributed by atoms with E-state index in [9.17, 15) is 4.79 Å². The van der Waals surface area contributed by atoms with Crippen LogP contribution in [0.15, 0.2) is 46.9 Å². The maximum Gasteiger partial charge on any atom is 0.371 e. The molecule has 0 aliphatic carbocycles. The van der Waals surface area contributed by atoms with Crippen LogP contribution in [0.1, 0.15) is 23.0 Å². The Bertz CT molecular complexity index is 581. The molecule has 0 aliphatic heterocycles. The molecule has 1 heterocycles. The van der Waals surface area contributed by atoms with Gasteiger partial charge < -0.3 is 14.3 Å². The fraction of sp³-hybridized carbons (Fsp3) is 0.0714. The van der Waals surface area contributed by atoms with Crippen LogP contribution < -0.4 is 4.74 Å². The summed E-state index contributed by atoms with van der Waals surface area (Å²) in [6.07, 6.45) is 3.80. The average Bonchev–Trinajstić information content (AvgIpc) is 2.81. The zero-order valence-corrected chi connectivity index (χ0v) is 9.79. The Kier molecular flexibility index (Phi) is 3.48. The third kappa shape index (κ3) is 2.60. The summed E-state index contributed by atoms with van der Waals surface area (Å²) < 4.78 is 10.5. The summed E-state index contributed by atoms with van der Waals surface area (Å²) in [5.41, 5.74) is 0.897. The van der Waals surface area contributed by atoms with Crippen molar-refractivity contribution in [2.24, 2.45) is 0 Å². The van der Waals surface area contributed by atoms with Crippen LogP contribution >= 0.6 is 0 Å². The van der Waals surface area contributed by atoms with Crippen molar-refractivity contribution >= 4 is 12.0 Å². The third-order valence-corrected chi connectivity index (χ3v) is 2.27. The van der Waals surface area contributed by atoms with Gasteiger partial charge in [0.25, 0.3) is 5.95 Å². The standard InChI is InChI=1S/C14H12O4/c1-2-5-10-6-3-4-7-11(10)17-13-9-8-12(18-13)14(15)16/h2-9H,1H3,(H,15,16)/b5-2+. The molecular formula is C14H12O4. The van der Waals surface area contributed by atoms with E-state index in [2.05, 4.69) is 0 Å². The lowest BCUT2D eigenvalue weighted by Gasteiger charge is -2.05. The maximum atomic E-state index is 10.7. The first-order valence-electron chi connectivity index (χ1n) is 5.43. The first kappa shape index (κ1) is 12.0. The molecule has 4 nitrogen and oxygen atoms in total. The molecule has 0 saturated heterocycles. The lowest BCUT2D eigenvalue weighted by atomic mass is 10.2. The number of carboxylic acid groups (broad SMARTS) is 1. The van der Waals surface area contributed by atoms with Crippen molar-refractivity contribution in [1.29, 1.82) is 0 Å². The molecule has 0 aliphatic rings. The zero-order chi connectivity index (χ0) is 13.0. The second-order valence-electron chi connectivity index (χ2n) is 3.56. The molecule has 2 aromatic rings. The van der Waals surface area contributed by atoms with Crippen LogP contribution in [-0.4, -0.2) is 11.1 Å². The largest absolute Gasteiger partial charge is 0.475 e. The molecule has 18 heavy (non-hydrogen) atoms. The van der Waals surface area contributed by atoms with Crippen molar-refractivity contribution in [2.75, 3.05) is 0 Å². The number of ether oxygens (including phenoxy) is 1. The quantitative estimate of drug-likeness (QED) is 0.888. The number of furan rings is 1. The van der Waals surface area contributed by atoms with Gasteiger partial charge in [-0.3, -0.25) is 0 Å². The van der Waals surface area contributed by atoms with E-state index in [1.165, 1.54) is 12.1 Å². The smallest absolute Gasteiger partial charge is 0.371 e. The van der Waals surface area contributed by atoms with Crippen LogP contribution in [0.4, 0.5) is 0 Å². The van der Waals surface area contributed by atoms with Gasteiger partial charge in [0, 0.05) is 11.6 Å². The summed E-state index contributed by atoms with van der Waals surface area (Å²) in [7, 11) is 0. The average molecular weight is 244 g/mol. The van der Waals surface area contributed by atoms with E-state index in [4.69, 9.17) is 14.3 Å². The van der Waals surface area contributed by atoms with Crippen molar-refractivity contribution in [3.05, 3.63) is 53.8 Å². The number of rotatable bonds is 4. The van der Waals surface area contributed by atoms with Crippen LogP contribution in [0.5, 0.6) is 11.7 Å². The molecule has 1 N–H and O–H groups in total. The Morgan fingerprint density at radius 1 is 1.28 bits per heavy atom. The van der Waals surface area contributed by atoms with Crippen molar-refractivity contribution in [3.63, 3.8) is 0 Å². The fourth-order valence-electron chi connectivity index (χ4n) is 1.49. The Labute approximate surface area is 104 Å². The number of benzene rings is 1. The van der Waals surface area contributed by atoms with E-state index in [-0.39, 0.29) is 11.7 Å². The summed E-state index contributed by atoms with van der Waals surface area (Å²) in [5, 5.41) is 8.74. The zero-order valence-electron chi connectivity index (χ0n) is 9.79. The first-order chi connectivity index (χ1) is 8.70. The van der Waals surface area contributed by atoms with Gasteiger partial charge in [-0.1, -0.05) is 30.4 Å². The van der Waals surface area contributed by atoms with Crippen LogP contribution in [0.3, 0.4) is 0 Å². The minimum atomic E-state index is -1.12. The Morgan fingerprint density at radius 2 is 2.06 bits per heavy atom. The topological polar surface area (TPSA) is 59.7 Å². The van der Waals surface area contributed by atoms with Gasteiger partial charge in [0.15, 0.2) is 0 Å². The highest BCUT2D eigenvalue weighted by Crippen LogP contribution is 2.27. The summed E-state index contributed by atoms with van der Waals surface area (Å²) in [5.74, 6) is -0.494. The van der Waals surface area contributed by atoms with Crippen molar-refractivity contribution in [1.82, 2.24) is 0 Å². The summed E-state index contributed by atoms with van der Waals surface area (Å²) >= 11 is 0.